The van der Waals surface area contributed by atoms with E-state index in [4.69, 9.17) is 0 Å². The molecule has 0 radical (unpaired) electrons. The molecule has 0 saturated carbocycles. The molecular weight excluding hydrogens is 92.1 g/mol. The number of hydrogen-bond acceptors (Lipinski definition) is 2. The molecule has 0 atom stereocenters. The molecule has 0 aliphatic heterocycles. The van der Waals surface area contributed by atoms with Crippen LogP contribution in [-0.2, 0) is 4.79 Å². The maximum Gasteiger partial charge on any atom is 0.257 e. The number of carbonyl (C=O) groups excluding carboxylic acids is 1. The Kier molecular flexibility index (Phi) is 2.96. The third-order valence-corrected chi connectivity index (χ3v) is 0.434. The fourth-order valence-corrected chi connectivity index (χ4v) is 0.174. The number of hydrazine groups is 1. The highest BCUT2D eigenvalue weighted by Gasteiger charge is 1.83. The van der Waals surface area contributed by atoms with Crippen molar-refractivity contribution in [2.75, 3.05) is 7.05 Å². The molecule has 3 nitrogen and oxygen atoms in total. The zero-order valence-corrected chi connectivity index (χ0v) is 4.19. The van der Waals surface area contributed by atoms with E-state index in [1.54, 1.807) is 7.05 Å². The van der Waals surface area contributed by atoms with Crippen molar-refractivity contribution in [3.05, 3.63) is 12.7 Å². The van der Waals surface area contributed by atoms with Crippen LogP contribution in [0.4, 0.5) is 0 Å². The number of amides is 1. The molecule has 7 heavy (non-hydrogen) atoms. The molecule has 0 saturated heterocycles. The zero-order chi connectivity index (χ0) is 5.70. The lowest BCUT2D eigenvalue weighted by molar-refractivity contribution is -0.117. The SMILES string of the molecule is C=CC(=O)NNC. The van der Waals surface area contributed by atoms with Gasteiger partial charge in [-0.2, -0.15) is 0 Å². The summed E-state index contributed by atoms with van der Waals surface area (Å²) >= 11 is 0. The average molecular weight is 100 g/mol. The Morgan fingerprint density at radius 2 is 2.43 bits per heavy atom. The van der Waals surface area contributed by atoms with Gasteiger partial charge in [0, 0.05) is 7.05 Å². The van der Waals surface area contributed by atoms with Crippen molar-refractivity contribution in [1.29, 1.82) is 0 Å². The minimum Gasteiger partial charge on any atom is -0.288 e. The molecule has 0 aliphatic rings. The number of nitrogens with one attached hydrogen (secondary N) is 2. The van der Waals surface area contributed by atoms with Crippen LogP contribution in [0.25, 0.3) is 0 Å². The fraction of sp³-hybridized carbons (Fsp3) is 0.250. The van der Waals surface area contributed by atoms with Crippen LogP contribution in [0.2, 0.25) is 0 Å². The Bertz CT molecular complexity index is 79.8. The lowest BCUT2D eigenvalue weighted by atomic mass is 10.6. The second-order valence-corrected chi connectivity index (χ2v) is 0.943. The van der Waals surface area contributed by atoms with Crippen LogP contribution in [0.15, 0.2) is 12.7 Å². The first-order chi connectivity index (χ1) is 3.31. The van der Waals surface area contributed by atoms with Gasteiger partial charge in [-0.1, -0.05) is 6.58 Å². The van der Waals surface area contributed by atoms with Crippen LogP contribution in [0, 0.1) is 0 Å². The molecule has 2 N–H and O–H groups in total. The summed E-state index contributed by atoms with van der Waals surface area (Å²) in [5.41, 5.74) is 4.74. The van der Waals surface area contributed by atoms with Gasteiger partial charge in [0.05, 0.1) is 0 Å². The molecule has 0 heterocycles. The molecular formula is C4H8N2O. The topological polar surface area (TPSA) is 41.1 Å². The molecule has 0 aromatic heterocycles. The molecule has 0 aromatic carbocycles. The van der Waals surface area contributed by atoms with Crippen molar-refractivity contribution in [1.82, 2.24) is 10.9 Å². The monoisotopic (exact) mass is 100 g/mol. The minimum atomic E-state index is -0.220. The van der Waals surface area contributed by atoms with E-state index in [-0.39, 0.29) is 5.91 Å². The van der Waals surface area contributed by atoms with Gasteiger partial charge >= 0.3 is 0 Å². The van der Waals surface area contributed by atoms with E-state index in [0.29, 0.717) is 0 Å². The van der Waals surface area contributed by atoms with Crippen LogP contribution in [0.3, 0.4) is 0 Å². The number of rotatable bonds is 2. The molecule has 0 spiro atoms. The lowest BCUT2D eigenvalue weighted by Crippen LogP contribution is -2.32. The van der Waals surface area contributed by atoms with E-state index in [2.05, 4.69) is 17.4 Å². The second kappa shape index (κ2) is 3.36. The first-order valence-electron chi connectivity index (χ1n) is 1.90. The van der Waals surface area contributed by atoms with E-state index in [1.165, 1.54) is 6.08 Å². The maximum atomic E-state index is 10.1. The van der Waals surface area contributed by atoms with Gasteiger partial charge in [-0.15, -0.1) is 0 Å². The fourth-order valence-electron chi connectivity index (χ4n) is 0.174. The first-order valence-corrected chi connectivity index (χ1v) is 1.90. The molecule has 0 rings (SSSR count). The molecule has 3 heteroatoms. The normalized spacial score (nSPS) is 7.57. The summed E-state index contributed by atoms with van der Waals surface area (Å²) in [6.07, 6.45) is 1.19. The van der Waals surface area contributed by atoms with Crippen molar-refractivity contribution in [2.24, 2.45) is 0 Å². The van der Waals surface area contributed by atoms with Crippen molar-refractivity contribution in [3.63, 3.8) is 0 Å². The third-order valence-electron chi connectivity index (χ3n) is 0.434. The van der Waals surface area contributed by atoms with E-state index < -0.39 is 0 Å². The Hall–Kier alpha value is -0.830. The third kappa shape index (κ3) is 2.99. The highest BCUT2D eigenvalue weighted by atomic mass is 16.2. The molecule has 0 aliphatic carbocycles. The van der Waals surface area contributed by atoms with Crippen molar-refractivity contribution in [2.45, 2.75) is 0 Å². The highest BCUT2D eigenvalue weighted by Crippen LogP contribution is 1.56. The lowest BCUT2D eigenvalue weighted by Gasteiger charge is -1.93. The first kappa shape index (κ1) is 6.17. The molecule has 0 aromatic rings. The summed E-state index contributed by atoms with van der Waals surface area (Å²) in [7, 11) is 1.61. The van der Waals surface area contributed by atoms with Gasteiger partial charge in [0.25, 0.3) is 5.91 Å². The van der Waals surface area contributed by atoms with Gasteiger partial charge in [-0.05, 0) is 6.08 Å². The zero-order valence-electron chi connectivity index (χ0n) is 4.19. The van der Waals surface area contributed by atoms with Crippen molar-refractivity contribution >= 4 is 5.91 Å². The molecule has 1 amide bonds. The minimum absolute atomic E-state index is 0.220. The van der Waals surface area contributed by atoms with Gasteiger partial charge in [0.1, 0.15) is 0 Å². The van der Waals surface area contributed by atoms with Crippen LogP contribution in [0.5, 0.6) is 0 Å². The predicted molar refractivity (Wildman–Crippen MR) is 27.4 cm³/mol. The Labute approximate surface area is 42.4 Å². The van der Waals surface area contributed by atoms with E-state index in [9.17, 15) is 4.79 Å². The van der Waals surface area contributed by atoms with Crippen LogP contribution >= 0.6 is 0 Å². The molecule has 0 unspecified atom stereocenters. The van der Waals surface area contributed by atoms with Crippen LogP contribution in [-0.4, -0.2) is 13.0 Å². The van der Waals surface area contributed by atoms with Crippen LogP contribution in [0.1, 0.15) is 0 Å². The molecule has 0 bridgehead atoms. The Morgan fingerprint density at radius 3 is 2.57 bits per heavy atom. The average Bonchev–Trinajstić information content (AvgIpc) is 1.68. The van der Waals surface area contributed by atoms with Crippen molar-refractivity contribution in [3.8, 4) is 0 Å². The number of hydrogen-bond donors (Lipinski definition) is 2. The van der Waals surface area contributed by atoms with Crippen LogP contribution < -0.4 is 10.9 Å². The van der Waals surface area contributed by atoms with Gasteiger partial charge in [-0.25, -0.2) is 5.43 Å². The predicted octanol–water partition coefficient (Wildman–Crippen LogP) is -0.577. The maximum absolute atomic E-state index is 10.1. The van der Waals surface area contributed by atoms with Gasteiger partial charge in [-0.3, -0.25) is 10.2 Å². The van der Waals surface area contributed by atoms with E-state index >= 15 is 0 Å². The smallest absolute Gasteiger partial charge is 0.257 e. The summed E-state index contributed by atoms with van der Waals surface area (Å²) in [4.78, 5) is 10.1. The van der Waals surface area contributed by atoms with Gasteiger partial charge < -0.3 is 0 Å². The van der Waals surface area contributed by atoms with E-state index in [1.807, 2.05) is 0 Å². The highest BCUT2D eigenvalue weighted by molar-refractivity contribution is 5.86. The quantitative estimate of drug-likeness (QED) is 0.360. The van der Waals surface area contributed by atoms with Gasteiger partial charge in [0.15, 0.2) is 0 Å². The Balaban J connectivity index is 3.17. The van der Waals surface area contributed by atoms with Crippen molar-refractivity contribution < 1.29 is 4.79 Å². The molecule has 40 valence electrons. The largest absolute Gasteiger partial charge is 0.288 e. The summed E-state index contributed by atoms with van der Waals surface area (Å²) < 4.78 is 0. The summed E-state index contributed by atoms with van der Waals surface area (Å²) in [5.74, 6) is -0.220. The number of carbonyl (C=O) groups is 1. The standard InChI is InChI=1S/C4H8N2O/c1-3-4(7)6-5-2/h3,5H,1H2,2H3,(H,6,7). The summed E-state index contributed by atoms with van der Waals surface area (Å²) in [5, 5.41) is 0. The second-order valence-electron chi connectivity index (χ2n) is 0.943. The summed E-state index contributed by atoms with van der Waals surface area (Å²) in [6.45, 7) is 3.23. The van der Waals surface area contributed by atoms with Gasteiger partial charge in [0.2, 0.25) is 0 Å². The molecule has 0 fully saturated rings. The summed E-state index contributed by atoms with van der Waals surface area (Å²) in [6, 6.07) is 0. The Morgan fingerprint density at radius 1 is 1.86 bits per heavy atom. The van der Waals surface area contributed by atoms with E-state index in [0.717, 1.165) is 0 Å².